The minimum Gasteiger partial charge on any atom is -0.494 e. The number of fused-ring (bicyclic) bond motifs is 1. The number of hydrogen-bond donors (Lipinski definition) is 2. The third kappa shape index (κ3) is 4.76. The fraction of sp³-hybridized carbons (Fsp3) is 0.154. The Morgan fingerprint density at radius 2 is 1.94 bits per heavy atom. The van der Waals surface area contributed by atoms with Crippen molar-refractivity contribution >= 4 is 23.0 Å². The van der Waals surface area contributed by atoms with E-state index >= 15 is 0 Å². The molecule has 0 saturated heterocycles. The van der Waals surface area contributed by atoms with Crippen LogP contribution in [0.1, 0.15) is 39.7 Å². The molecule has 180 valence electrons. The zero-order chi connectivity index (χ0) is 25.8. The Balaban J connectivity index is 1.65. The Morgan fingerprint density at radius 1 is 1.19 bits per heavy atom. The first kappa shape index (κ1) is 24.1. The fourth-order valence-corrected chi connectivity index (χ4v) is 3.63. The summed E-state index contributed by atoms with van der Waals surface area (Å²) in [6, 6.07) is 15.7. The number of hydrazone groups is 1. The van der Waals surface area contributed by atoms with Crippen molar-refractivity contribution in [2.24, 2.45) is 5.10 Å². The molecule has 0 fully saturated rings. The van der Waals surface area contributed by atoms with Crippen LogP contribution in [0.15, 0.2) is 63.2 Å². The lowest BCUT2D eigenvalue weighted by Gasteiger charge is -2.11. The van der Waals surface area contributed by atoms with Crippen molar-refractivity contribution in [1.82, 2.24) is 20.2 Å². The molecule has 0 saturated carbocycles. The average molecular weight is 483 g/mol. The fourth-order valence-electron chi connectivity index (χ4n) is 3.63. The number of pyridine rings is 1. The van der Waals surface area contributed by atoms with Crippen LogP contribution in [0, 0.1) is 25.2 Å². The van der Waals surface area contributed by atoms with Crippen LogP contribution in [0.5, 0.6) is 5.75 Å². The lowest BCUT2D eigenvalue weighted by Crippen LogP contribution is -2.31. The van der Waals surface area contributed by atoms with E-state index in [2.05, 4.69) is 20.6 Å². The molecule has 0 aliphatic heterocycles. The highest BCUT2D eigenvalue weighted by atomic mass is 16.5. The smallest absolute Gasteiger partial charge is 0.292 e. The second-order valence-corrected chi connectivity index (χ2v) is 7.95. The number of carbonyl (C=O) groups excluding carboxylic acids is 1. The lowest BCUT2D eigenvalue weighted by molar-refractivity contribution is 0.0947. The molecule has 10 heteroatoms. The molecule has 0 aliphatic rings. The molecule has 0 radical (unpaired) electrons. The lowest BCUT2D eigenvalue weighted by atomic mass is 10.1. The molecular formula is C26H22N6O4. The summed E-state index contributed by atoms with van der Waals surface area (Å²) < 4.78 is 6.39. The van der Waals surface area contributed by atoms with Crippen molar-refractivity contribution in [3.8, 4) is 17.5 Å². The van der Waals surface area contributed by atoms with Crippen LogP contribution < -0.4 is 21.3 Å². The van der Waals surface area contributed by atoms with Crippen molar-refractivity contribution in [3.05, 3.63) is 97.2 Å². The van der Waals surface area contributed by atoms with Gasteiger partial charge in [-0.1, -0.05) is 11.6 Å². The molecule has 2 heterocycles. The second-order valence-electron chi connectivity index (χ2n) is 7.95. The molecule has 0 spiro atoms. The van der Waals surface area contributed by atoms with Gasteiger partial charge in [0.1, 0.15) is 17.4 Å². The molecule has 10 nitrogen and oxygen atoms in total. The number of carbonyl (C=O) groups is 1. The number of nitriles is 1. The van der Waals surface area contributed by atoms with E-state index in [0.717, 1.165) is 15.6 Å². The first-order chi connectivity index (χ1) is 17.3. The standard InChI is InChI=1S/C26H22N6O4/c1-4-36-20-8-6-19(7-9-20)32-26(35)21(13-27)16(3)23(31-32)25(34)30-28-14-18-12-17-11-15(2)5-10-22(17)29-24(18)33/h5-12,14H,4H2,1-3H3,(H,29,33)(H,30,34)/b28-14+. The van der Waals surface area contributed by atoms with Gasteiger partial charge in [0.25, 0.3) is 17.0 Å². The maximum atomic E-state index is 12.9. The van der Waals surface area contributed by atoms with Gasteiger partial charge < -0.3 is 9.72 Å². The van der Waals surface area contributed by atoms with Crippen molar-refractivity contribution in [3.63, 3.8) is 0 Å². The van der Waals surface area contributed by atoms with Gasteiger partial charge in [0.2, 0.25) is 0 Å². The zero-order valence-corrected chi connectivity index (χ0v) is 19.8. The van der Waals surface area contributed by atoms with Gasteiger partial charge in [-0.2, -0.15) is 20.1 Å². The number of amides is 1. The Morgan fingerprint density at radius 3 is 2.64 bits per heavy atom. The van der Waals surface area contributed by atoms with E-state index in [1.54, 1.807) is 30.3 Å². The predicted octanol–water partition coefficient (Wildman–Crippen LogP) is 2.73. The van der Waals surface area contributed by atoms with Gasteiger partial charge >= 0.3 is 0 Å². The minimum atomic E-state index is -0.743. The summed E-state index contributed by atoms with van der Waals surface area (Å²) >= 11 is 0. The Hall–Kier alpha value is -5.04. The molecule has 1 amide bonds. The van der Waals surface area contributed by atoms with Gasteiger partial charge in [0.05, 0.1) is 24.1 Å². The largest absolute Gasteiger partial charge is 0.494 e. The molecule has 0 bridgehead atoms. The van der Waals surface area contributed by atoms with Crippen LogP contribution in [0.4, 0.5) is 0 Å². The molecule has 4 aromatic rings. The molecule has 36 heavy (non-hydrogen) atoms. The van der Waals surface area contributed by atoms with E-state index in [-0.39, 0.29) is 27.9 Å². The summed E-state index contributed by atoms with van der Waals surface area (Å²) in [4.78, 5) is 40.8. The Kier molecular flexibility index (Phi) is 6.74. The number of H-pyrrole nitrogens is 1. The van der Waals surface area contributed by atoms with Gasteiger partial charge in [-0.25, -0.2) is 5.43 Å². The predicted molar refractivity (Wildman–Crippen MR) is 135 cm³/mol. The van der Waals surface area contributed by atoms with Gasteiger partial charge in [-0.15, -0.1) is 0 Å². The Labute approximate surface area is 205 Å². The molecule has 0 aliphatic carbocycles. The molecule has 2 aromatic carbocycles. The first-order valence-electron chi connectivity index (χ1n) is 11.1. The minimum absolute atomic E-state index is 0.122. The first-order valence-corrected chi connectivity index (χ1v) is 11.1. The van der Waals surface area contributed by atoms with Crippen LogP contribution >= 0.6 is 0 Å². The van der Waals surface area contributed by atoms with Crippen LogP contribution in [0.2, 0.25) is 0 Å². The van der Waals surface area contributed by atoms with Crippen LogP contribution in [-0.2, 0) is 0 Å². The summed E-state index contributed by atoms with van der Waals surface area (Å²) in [5.41, 5.74) is 3.38. The normalized spacial score (nSPS) is 10.9. The van der Waals surface area contributed by atoms with Crippen molar-refractivity contribution < 1.29 is 9.53 Å². The van der Waals surface area contributed by atoms with Gasteiger partial charge in [0, 0.05) is 11.1 Å². The highest BCUT2D eigenvalue weighted by Crippen LogP contribution is 2.16. The molecule has 0 atom stereocenters. The van der Waals surface area contributed by atoms with E-state index in [0.29, 0.717) is 23.6 Å². The number of rotatable bonds is 6. The zero-order valence-electron chi connectivity index (χ0n) is 19.8. The van der Waals surface area contributed by atoms with E-state index < -0.39 is 11.5 Å². The number of aromatic nitrogens is 3. The molecule has 4 rings (SSSR count). The number of nitrogens with one attached hydrogen (secondary N) is 2. The highest BCUT2D eigenvalue weighted by Gasteiger charge is 2.20. The van der Waals surface area contributed by atoms with E-state index in [1.807, 2.05) is 38.1 Å². The molecule has 2 N–H and O–H groups in total. The van der Waals surface area contributed by atoms with Crippen LogP contribution in [0.3, 0.4) is 0 Å². The number of nitrogens with zero attached hydrogens (tertiary/aromatic N) is 4. The van der Waals surface area contributed by atoms with Crippen LogP contribution in [-0.4, -0.2) is 33.5 Å². The van der Waals surface area contributed by atoms with Gasteiger partial charge in [-0.3, -0.25) is 14.4 Å². The van der Waals surface area contributed by atoms with Crippen LogP contribution in [0.25, 0.3) is 16.6 Å². The van der Waals surface area contributed by atoms with Crippen molar-refractivity contribution in [2.75, 3.05) is 6.61 Å². The summed E-state index contributed by atoms with van der Waals surface area (Å²) in [5, 5.41) is 18.4. The second kappa shape index (κ2) is 10.1. The molecular weight excluding hydrogens is 460 g/mol. The monoisotopic (exact) mass is 482 g/mol. The van der Waals surface area contributed by atoms with Crippen molar-refractivity contribution in [2.45, 2.75) is 20.8 Å². The number of aryl methyl sites for hydroxylation is 1. The number of aromatic amines is 1. The van der Waals surface area contributed by atoms with E-state index in [1.165, 1.54) is 13.1 Å². The number of benzene rings is 2. The topological polar surface area (TPSA) is 142 Å². The maximum Gasteiger partial charge on any atom is 0.292 e. The quantitative estimate of drug-likeness (QED) is 0.320. The Bertz CT molecular complexity index is 1660. The highest BCUT2D eigenvalue weighted by molar-refractivity contribution is 5.95. The third-order valence-electron chi connectivity index (χ3n) is 5.45. The summed E-state index contributed by atoms with van der Waals surface area (Å²) in [6.07, 6.45) is 1.22. The van der Waals surface area contributed by atoms with E-state index in [9.17, 15) is 19.6 Å². The summed E-state index contributed by atoms with van der Waals surface area (Å²) in [6.45, 7) is 5.74. The number of hydrogen-bond acceptors (Lipinski definition) is 7. The molecule has 2 aromatic heterocycles. The van der Waals surface area contributed by atoms with Crippen molar-refractivity contribution in [1.29, 1.82) is 5.26 Å². The maximum absolute atomic E-state index is 12.9. The average Bonchev–Trinajstić information content (AvgIpc) is 2.86. The van der Waals surface area contributed by atoms with E-state index in [4.69, 9.17) is 4.74 Å². The van der Waals surface area contributed by atoms with Gasteiger partial charge in [0.15, 0.2) is 5.69 Å². The molecule has 0 unspecified atom stereocenters. The summed E-state index contributed by atoms with van der Waals surface area (Å²) in [7, 11) is 0. The number of ether oxygens (including phenoxy) is 1. The SMILES string of the molecule is CCOc1ccc(-n2nc(C(=O)N/N=C/c3cc4cc(C)ccc4[nH]c3=O)c(C)c(C#N)c2=O)cc1. The van der Waals surface area contributed by atoms with Gasteiger partial charge in [-0.05, 0) is 68.6 Å². The summed E-state index contributed by atoms with van der Waals surface area (Å²) in [5.74, 6) is -0.138. The third-order valence-corrected chi connectivity index (χ3v) is 5.45.